The van der Waals surface area contributed by atoms with Crippen LogP contribution in [0, 0.1) is 5.82 Å². The Morgan fingerprint density at radius 2 is 1.83 bits per heavy atom. The molecule has 1 fully saturated rings. The third-order valence-corrected chi connectivity index (χ3v) is 6.19. The first kappa shape index (κ1) is 21.2. The average Bonchev–Trinajstić information content (AvgIpc) is 3.16. The van der Waals surface area contributed by atoms with Gasteiger partial charge in [-0.25, -0.2) is 18.3 Å². The lowest BCUT2D eigenvalue weighted by atomic mass is 10.2. The molecule has 11 heteroatoms. The summed E-state index contributed by atoms with van der Waals surface area (Å²) in [4.78, 5) is 16.7. The van der Waals surface area contributed by atoms with E-state index in [0.717, 1.165) is 34.6 Å². The molecule has 6 nitrogen and oxygen atoms in total. The molecule has 1 aliphatic rings. The zero-order valence-electron chi connectivity index (χ0n) is 14.8. The van der Waals surface area contributed by atoms with Crippen molar-refractivity contribution in [2.24, 2.45) is 0 Å². The van der Waals surface area contributed by atoms with Crippen LogP contribution in [0.2, 0.25) is 0 Å². The quantitative estimate of drug-likeness (QED) is 0.582. The predicted molar refractivity (Wildman–Crippen MR) is 93.6 cm³/mol. The lowest BCUT2D eigenvalue weighted by Crippen LogP contribution is -2.34. The fourth-order valence-corrected chi connectivity index (χ4v) is 4.32. The number of amides is 1. The van der Waals surface area contributed by atoms with Crippen molar-refractivity contribution in [2.75, 3.05) is 13.1 Å². The first-order valence-corrected chi connectivity index (χ1v) is 9.90. The van der Waals surface area contributed by atoms with E-state index in [1.165, 1.54) is 12.1 Å². The second kappa shape index (κ2) is 8.09. The van der Waals surface area contributed by atoms with E-state index in [4.69, 9.17) is 4.84 Å². The Kier molecular flexibility index (Phi) is 5.92. The van der Waals surface area contributed by atoms with E-state index in [1.807, 2.05) is 0 Å². The fourth-order valence-electron chi connectivity index (χ4n) is 2.79. The normalized spacial score (nSPS) is 18.0. The van der Waals surface area contributed by atoms with E-state index >= 15 is 0 Å². The van der Waals surface area contributed by atoms with Crippen LogP contribution in [0.15, 0.2) is 53.4 Å². The van der Waals surface area contributed by atoms with Crippen molar-refractivity contribution in [3.63, 3.8) is 0 Å². The minimum atomic E-state index is -4.66. The summed E-state index contributed by atoms with van der Waals surface area (Å²) >= 11 is 0. The summed E-state index contributed by atoms with van der Waals surface area (Å²) in [7, 11) is -4.15. The Bertz CT molecular complexity index is 994. The maximum absolute atomic E-state index is 12.9. The fraction of sp³-hybridized carbons (Fsp3) is 0.278. The van der Waals surface area contributed by atoms with Crippen LogP contribution >= 0.6 is 0 Å². The molecule has 0 unspecified atom stereocenters. The molecule has 0 spiro atoms. The summed E-state index contributed by atoms with van der Waals surface area (Å²) in [5.74, 6) is -1.14. The van der Waals surface area contributed by atoms with Gasteiger partial charge in [-0.1, -0.05) is 6.07 Å². The van der Waals surface area contributed by atoms with Crippen LogP contribution in [-0.4, -0.2) is 37.8 Å². The van der Waals surface area contributed by atoms with Crippen LogP contribution in [0.3, 0.4) is 0 Å². The number of halogens is 4. The number of nitrogens with zero attached hydrogens (tertiary/aromatic N) is 1. The lowest BCUT2D eigenvalue weighted by Gasteiger charge is -2.17. The highest BCUT2D eigenvalue weighted by atomic mass is 32.2. The SMILES string of the molecule is O=C(NO[C@H]1CCN(S(=O)(=O)c2cccc(C(F)(F)F)c2)C1)c1ccc(F)cc1. The van der Waals surface area contributed by atoms with Gasteiger partial charge in [0.15, 0.2) is 0 Å². The van der Waals surface area contributed by atoms with Crippen molar-refractivity contribution in [3.05, 3.63) is 65.5 Å². The summed E-state index contributed by atoms with van der Waals surface area (Å²) in [6, 6.07) is 8.22. The van der Waals surface area contributed by atoms with E-state index in [-0.39, 0.29) is 25.1 Å². The van der Waals surface area contributed by atoms with Crippen molar-refractivity contribution in [3.8, 4) is 0 Å². The highest BCUT2D eigenvalue weighted by molar-refractivity contribution is 7.89. The second-order valence-corrected chi connectivity index (χ2v) is 8.29. The molecule has 156 valence electrons. The molecule has 1 atom stereocenters. The summed E-state index contributed by atoms with van der Waals surface area (Å²) in [6.07, 6.45) is -5.10. The molecule has 0 radical (unpaired) electrons. The van der Waals surface area contributed by atoms with Crippen molar-refractivity contribution < 1.29 is 35.6 Å². The van der Waals surface area contributed by atoms with Gasteiger partial charge in [-0.05, 0) is 48.9 Å². The number of carbonyl (C=O) groups is 1. The standard InChI is InChI=1S/C18H16F4N2O4S/c19-14-6-4-12(5-7-14)17(25)23-28-15-8-9-24(11-15)29(26,27)16-3-1-2-13(10-16)18(20,21)22/h1-7,10,15H,8-9,11H2,(H,23,25)/t15-/m0/s1. The molecular weight excluding hydrogens is 416 g/mol. The molecule has 3 rings (SSSR count). The van der Waals surface area contributed by atoms with Gasteiger partial charge in [0.1, 0.15) is 11.9 Å². The van der Waals surface area contributed by atoms with Gasteiger partial charge in [0.2, 0.25) is 10.0 Å². The second-order valence-electron chi connectivity index (χ2n) is 6.36. The minimum absolute atomic E-state index is 0.0235. The number of nitrogens with one attached hydrogen (secondary N) is 1. The van der Waals surface area contributed by atoms with E-state index in [1.54, 1.807) is 0 Å². The Hall–Kier alpha value is -2.50. The first-order chi connectivity index (χ1) is 13.6. The number of rotatable bonds is 5. The van der Waals surface area contributed by atoms with Crippen LogP contribution in [0.25, 0.3) is 0 Å². The molecule has 29 heavy (non-hydrogen) atoms. The molecule has 0 aromatic heterocycles. The molecule has 1 amide bonds. The van der Waals surface area contributed by atoms with Gasteiger partial charge in [-0.15, -0.1) is 0 Å². The van der Waals surface area contributed by atoms with E-state index in [9.17, 15) is 30.8 Å². The van der Waals surface area contributed by atoms with Crippen molar-refractivity contribution in [2.45, 2.75) is 23.6 Å². The Morgan fingerprint density at radius 3 is 2.48 bits per heavy atom. The maximum Gasteiger partial charge on any atom is 0.416 e. The summed E-state index contributed by atoms with van der Waals surface area (Å²) in [6.45, 7) is -0.113. The van der Waals surface area contributed by atoms with Crippen LogP contribution in [0.1, 0.15) is 22.3 Å². The largest absolute Gasteiger partial charge is 0.416 e. The zero-order chi connectivity index (χ0) is 21.2. The van der Waals surface area contributed by atoms with Crippen molar-refractivity contribution >= 4 is 15.9 Å². The van der Waals surface area contributed by atoms with Gasteiger partial charge in [0.25, 0.3) is 5.91 Å². The summed E-state index contributed by atoms with van der Waals surface area (Å²) < 4.78 is 77.7. The number of sulfonamides is 1. The predicted octanol–water partition coefficient (Wildman–Crippen LogP) is 2.97. The van der Waals surface area contributed by atoms with Gasteiger partial charge < -0.3 is 0 Å². The van der Waals surface area contributed by atoms with Gasteiger partial charge in [-0.3, -0.25) is 9.63 Å². The lowest BCUT2D eigenvalue weighted by molar-refractivity contribution is -0.137. The first-order valence-electron chi connectivity index (χ1n) is 8.46. The summed E-state index contributed by atoms with van der Waals surface area (Å²) in [5, 5.41) is 0. The molecule has 1 aliphatic heterocycles. The van der Waals surface area contributed by atoms with Crippen molar-refractivity contribution in [1.82, 2.24) is 9.79 Å². The molecule has 0 bridgehead atoms. The zero-order valence-corrected chi connectivity index (χ0v) is 15.6. The van der Waals surface area contributed by atoms with E-state index in [2.05, 4.69) is 5.48 Å². The average molecular weight is 432 g/mol. The monoisotopic (exact) mass is 432 g/mol. The highest BCUT2D eigenvalue weighted by Crippen LogP contribution is 2.31. The number of hydroxylamine groups is 1. The molecular formula is C18H16F4N2O4S. The van der Waals surface area contributed by atoms with Gasteiger partial charge in [0.05, 0.1) is 10.5 Å². The Labute approximate surface area is 164 Å². The van der Waals surface area contributed by atoms with E-state index < -0.39 is 44.5 Å². The Balaban J connectivity index is 1.62. The maximum atomic E-state index is 12.9. The van der Waals surface area contributed by atoms with Crippen molar-refractivity contribution in [1.29, 1.82) is 0 Å². The van der Waals surface area contributed by atoms with Gasteiger partial charge in [-0.2, -0.15) is 17.5 Å². The third kappa shape index (κ3) is 4.92. The van der Waals surface area contributed by atoms with Crippen LogP contribution < -0.4 is 5.48 Å². The van der Waals surface area contributed by atoms with Gasteiger partial charge in [0, 0.05) is 18.7 Å². The molecule has 0 saturated carbocycles. The van der Waals surface area contributed by atoms with Crippen LogP contribution in [0.5, 0.6) is 0 Å². The molecule has 2 aromatic carbocycles. The molecule has 1 heterocycles. The molecule has 1 saturated heterocycles. The minimum Gasteiger partial charge on any atom is -0.269 e. The molecule has 1 N–H and O–H groups in total. The number of carbonyl (C=O) groups excluding carboxylic acids is 1. The number of benzene rings is 2. The topological polar surface area (TPSA) is 75.7 Å². The number of hydrogen-bond donors (Lipinski definition) is 1. The number of alkyl halides is 3. The highest BCUT2D eigenvalue weighted by Gasteiger charge is 2.36. The summed E-state index contributed by atoms with van der Waals surface area (Å²) in [5.41, 5.74) is 1.26. The third-order valence-electron chi connectivity index (χ3n) is 4.33. The Morgan fingerprint density at radius 1 is 1.14 bits per heavy atom. The van der Waals surface area contributed by atoms with E-state index in [0.29, 0.717) is 6.07 Å². The molecule has 0 aliphatic carbocycles. The van der Waals surface area contributed by atoms with Crippen LogP contribution in [-0.2, 0) is 21.0 Å². The van der Waals surface area contributed by atoms with Gasteiger partial charge >= 0.3 is 6.18 Å². The number of hydrogen-bond acceptors (Lipinski definition) is 4. The molecule has 2 aromatic rings. The van der Waals surface area contributed by atoms with Crippen LogP contribution in [0.4, 0.5) is 17.6 Å². The smallest absolute Gasteiger partial charge is 0.269 e.